The Labute approximate surface area is 189 Å². The molecule has 32 heavy (non-hydrogen) atoms. The van der Waals surface area contributed by atoms with E-state index in [1.54, 1.807) is 12.2 Å². The maximum absolute atomic E-state index is 11.0. The first-order chi connectivity index (χ1) is 15.4. The molecule has 2 fully saturated rings. The maximum Gasteiger partial charge on any atom is 0.220 e. The third-order valence-corrected chi connectivity index (χ3v) is 5.83. The molecule has 170 valence electrons. The highest BCUT2D eigenvalue weighted by Gasteiger charge is 2.65. The minimum Gasteiger partial charge on any atom is -0.368 e. The number of fused-ring (bicyclic) bond motifs is 1. The molecular weight excluding hydrogens is 406 g/mol. The van der Waals surface area contributed by atoms with E-state index in [0.717, 1.165) is 11.1 Å². The average molecular weight is 438 g/mol. The monoisotopic (exact) mass is 437 g/mol. The SMILES string of the molecule is C=C[C@H]([C@@H]1O[C@@]2(C=C)OC(C)(C)O[C@H]2[C@@H]1OCc1ccccc1)N(O)Cc1ccccc1. The third kappa shape index (κ3) is 4.57. The van der Waals surface area contributed by atoms with Gasteiger partial charge in [-0.25, -0.2) is 0 Å². The third-order valence-electron chi connectivity index (χ3n) is 5.83. The highest BCUT2D eigenvalue weighted by molar-refractivity contribution is 5.18. The molecule has 0 saturated carbocycles. The Hall–Kier alpha value is -2.32. The molecule has 0 bridgehead atoms. The molecule has 2 heterocycles. The van der Waals surface area contributed by atoms with Crippen LogP contribution >= 0.6 is 0 Å². The van der Waals surface area contributed by atoms with Crippen LogP contribution in [0.2, 0.25) is 0 Å². The van der Waals surface area contributed by atoms with Crippen molar-refractivity contribution in [3.63, 3.8) is 0 Å². The van der Waals surface area contributed by atoms with Gasteiger partial charge in [-0.1, -0.05) is 73.3 Å². The first kappa shape index (κ1) is 22.9. The van der Waals surface area contributed by atoms with Crippen molar-refractivity contribution in [1.82, 2.24) is 5.06 Å². The Morgan fingerprint density at radius 2 is 1.66 bits per heavy atom. The molecular formula is C26H31NO5. The van der Waals surface area contributed by atoms with Gasteiger partial charge < -0.3 is 24.2 Å². The van der Waals surface area contributed by atoms with Crippen LogP contribution in [-0.2, 0) is 32.1 Å². The summed E-state index contributed by atoms with van der Waals surface area (Å²) >= 11 is 0. The molecule has 0 amide bonds. The van der Waals surface area contributed by atoms with Crippen molar-refractivity contribution in [1.29, 1.82) is 0 Å². The number of ether oxygens (including phenoxy) is 4. The van der Waals surface area contributed by atoms with Crippen molar-refractivity contribution >= 4 is 0 Å². The zero-order valence-corrected chi connectivity index (χ0v) is 18.6. The molecule has 0 aliphatic carbocycles. The van der Waals surface area contributed by atoms with E-state index in [2.05, 4.69) is 13.2 Å². The summed E-state index contributed by atoms with van der Waals surface area (Å²) in [6.45, 7) is 12.2. The quantitative estimate of drug-likeness (QED) is 0.462. The van der Waals surface area contributed by atoms with Crippen molar-refractivity contribution in [2.45, 2.75) is 62.9 Å². The number of hydrogen-bond acceptors (Lipinski definition) is 6. The smallest absolute Gasteiger partial charge is 0.220 e. The molecule has 6 nitrogen and oxygen atoms in total. The number of nitrogens with zero attached hydrogens (tertiary/aromatic N) is 1. The Kier molecular flexibility index (Phi) is 6.62. The maximum atomic E-state index is 11.0. The molecule has 5 atom stereocenters. The van der Waals surface area contributed by atoms with Gasteiger partial charge in [0.2, 0.25) is 5.79 Å². The highest BCUT2D eigenvalue weighted by atomic mass is 16.9. The van der Waals surface area contributed by atoms with E-state index < -0.39 is 35.9 Å². The first-order valence-electron chi connectivity index (χ1n) is 10.8. The number of hydroxylamine groups is 2. The summed E-state index contributed by atoms with van der Waals surface area (Å²) in [6.07, 6.45) is 1.61. The summed E-state index contributed by atoms with van der Waals surface area (Å²) in [5, 5.41) is 12.2. The minimum atomic E-state index is -1.18. The average Bonchev–Trinajstić information content (AvgIpc) is 3.21. The zero-order chi connectivity index (χ0) is 22.8. The molecule has 0 spiro atoms. The van der Waals surface area contributed by atoms with Crippen LogP contribution in [0, 0.1) is 0 Å². The topological polar surface area (TPSA) is 60.4 Å². The molecule has 0 unspecified atom stereocenters. The second kappa shape index (κ2) is 9.27. The molecule has 2 aliphatic heterocycles. The summed E-state index contributed by atoms with van der Waals surface area (Å²) in [5.41, 5.74) is 2.00. The van der Waals surface area contributed by atoms with E-state index in [1.807, 2.05) is 74.5 Å². The lowest BCUT2D eigenvalue weighted by atomic mass is 9.99. The second-order valence-corrected chi connectivity index (χ2v) is 8.62. The molecule has 0 aromatic heterocycles. The van der Waals surface area contributed by atoms with Gasteiger partial charge in [0.25, 0.3) is 0 Å². The highest BCUT2D eigenvalue weighted by Crippen LogP contribution is 2.48. The van der Waals surface area contributed by atoms with E-state index in [0.29, 0.717) is 13.2 Å². The summed E-state index contributed by atoms with van der Waals surface area (Å²) in [6, 6.07) is 19.1. The normalized spacial score (nSPS) is 29.6. The van der Waals surface area contributed by atoms with E-state index in [9.17, 15) is 5.21 Å². The van der Waals surface area contributed by atoms with E-state index >= 15 is 0 Å². The van der Waals surface area contributed by atoms with Crippen molar-refractivity contribution in [2.24, 2.45) is 0 Å². The van der Waals surface area contributed by atoms with Gasteiger partial charge in [0.05, 0.1) is 12.6 Å². The van der Waals surface area contributed by atoms with Crippen LogP contribution in [0.3, 0.4) is 0 Å². The Bertz CT molecular complexity index is 918. The predicted molar refractivity (Wildman–Crippen MR) is 121 cm³/mol. The fourth-order valence-corrected chi connectivity index (χ4v) is 4.41. The lowest BCUT2D eigenvalue weighted by molar-refractivity contribution is -0.262. The van der Waals surface area contributed by atoms with Gasteiger partial charge in [-0.3, -0.25) is 0 Å². The van der Waals surface area contributed by atoms with Crippen LogP contribution in [0.4, 0.5) is 0 Å². The molecule has 2 aliphatic rings. The van der Waals surface area contributed by atoms with Crippen LogP contribution < -0.4 is 0 Å². The minimum absolute atomic E-state index is 0.307. The van der Waals surface area contributed by atoms with Crippen molar-refractivity contribution in [2.75, 3.05) is 0 Å². The second-order valence-electron chi connectivity index (χ2n) is 8.62. The summed E-state index contributed by atoms with van der Waals surface area (Å²) in [4.78, 5) is 0. The lowest BCUT2D eigenvalue weighted by Gasteiger charge is -2.34. The molecule has 4 rings (SSSR count). The van der Waals surface area contributed by atoms with E-state index in [-0.39, 0.29) is 0 Å². The van der Waals surface area contributed by atoms with Crippen LogP contribution in [0.1, 0.15) is 25.0 Å². The molecule has 2 saturated heterocycles. The summed E-state index contributed by atoms with van der Waals surface area (Å²) < 4.78 is 25.1. The summed E-state index contributed by atoms with van der Waals surface area (Å²) in [5.74, 6) is -2.03. The standard InChI is InChI=1S/C26H31NO5/c1-5-21(27(28)17-19-13-9-7-10-14-19)22-23(29-18-20-15-11-8-12-16-20)24-26(6-2,30-22)32-25(3,4)31-24/h5-16,21-24,28H,1-2,17-18H2,3-4H3/t21-,22+,23-,24+,26+/m1/s1. The van der Waals surface area contributed by atoms with Crippen LogP contribution in [0.15, 0.2) is 86.0 Å². The fraction of sp³-hybridized carbons (Fsp3) is 0.385. The lowest BCUT2D eigenvalue weighted by Crippen LogP contribution is -2.48. The van der Waals surface area contributed by atoms with Crippen LogP contribution in [0.5, 0.6) is 0 Å². The number of benzene rings is 2. The van der Waals surface area contributed by atoms with Gasteiger partial charge in [-0.05, 0) is 31.1 Å². The molecule has 0 radical (unpaired) electrons. The number of rotatable bonds is 9. The number of hydrogen-bond donors (Lipinski definition) is 1. The van der Waals surface area contributed by atoms with Crippen molar-refractivity contribution in [3.8, 4) is 0 Å². The fourth-order valence-electron chi connectivity index (χ4n) is 4.41. The Morgan fingerprint density at radius 1 is 1.03 bits per heavy atom. The molecule has 1 N–H and O–H groups in total. The van der Waals surface area contributed by atoms with Crippen LogP contribution in [-0.4, -0.2) is 46.2 Å². The van der Waals surface area contributed by atoms with Gasteiger partial charge in [0, 0.05) is 6.54 Å². The molecule has 2 aromatic rings. The molecule has 6 heteroatoms. The zero-order valence-electron chi connectivity index (χ0n) is 18.6. The Balaban J connectivity index is 1.60. The van der Waals surface area contributed by atoms with Gasteiger partial charge in [0.15, 0.2) is 5.79 Å². The van der Waals surface area contributed by atoms with Gasteiger partial charge in [0.1, 0.15) is 18.3 Å². The molecule has 2 aromatic carbocycles. The first-order valence-corrected chi connectivity index (χ1v) is 10.8. The van der Waals surface area contributed by atoms with Gasteiger partial charge in [-0.15, -0.1) is 6.58 Å². The predicted octanol–water partition coefficient (Wildman–Crippen LogP) is 4.45. The van der Waals surface area contributed by atoms with Crippen molar-refractivity contribution < 1.29 is 24.2 Å². The van der Waals surface area contributed by atoms with E-state index in [4.69, 9.17) is 18.9 Å². The van der Waals surface area contributed by atoms with E-state index in [1.165, 1.54) is 5.06 Å². The van der Waals surface area contributed by atoms with Gasteiger partial charge >= 0.3 is 0 Å². The van der Waals surface area contributed by atoms with Gasteiger partial charge in [-0.2, -0.15) is 5.06 Å². The largest absolute Gasteiger partial charge is 0.368 e. The Morgan fingerprint density at radius 3 is 2.25 bits per heavy atom. The van der Waals surface area contributed by atoms with Crippen molar-refractivity contribution in [3.05, 3.63) is 97.1 Å². The summed E-state index contributed by atoms with van der Waals surface area (Å²) in [7, 11) is 0. The van der Waals surface area contributed by atoms with Crippen LogP contribution in [0.25, 0.3) is 0 Å².